The molecule has 0 saturated heterocycles. The highest BCUT2D eigenvalue weighted by Gasteiger charge is 2.37. The van der Waals surface area contributed by atoms with Crippen LogP contribution >= 0.6 is 0 Å². The van der Waals surface area contributed by atoms with Crippen molar-refractivity contribution in [1.29, 1.82) is 0 Å². The molecule has 3 aromatic rings. The summed E-state index contributed by atoms with van der Waals surface area (Å²) in [6.45, 7) is 0.883. The maximum atomic E-state index is 12.0. The Labute approximate surface area is 183 Å². The molecule has 1 unspecified atom stereocenters. The van der Waals surface area contributed by atoms with Crippen LogP contribution in [0.5, 0.6) is 0 Å². The average Bonchev–Trinajstić information content (AvgIpc) is 3.18. The Bertz CT molecular complexity index is 1170. The monoisotopic (exact) mass is 442 g/mol. The van der Waals surface area contributed by atoms with Gasteiger partial charge in [0.2, 0.25) is 5.79 Å². The molecule has 1 atom stereocenters. The third-order valence-electron chi connectivity index (χ3n) is 6.23. The number of aromatic nitrogens is 1. The lowest BCUT2D eigenvalue weighted by atomic mass is 9.88. The fraction of sp³-hybridized carbons (Fsp3) is 0.417. The zero-order valence-electron chi connectivity index (χ0n) is 18.3. The number of rotatable bonds is 8. The van der Waals surface area contributed by atoms with Crippen LogP contribution in [0.2, 0.25) is 0 Å². The molecule has 0 saturated carbocycles. The Morgan fingerprint density at radius 2 is 1.90 bits per heavy atom. The van der Waals surface area contributed by atoms with E-state index < -0.39 is 15.6 Å². The molecule has 0 amide bonds. The number of para-hydroxylation sites is 1. The molecule has 0 radical (unpaired) electrons. The SMILES string of the molecule is COC(CS(C)(=O)=O)(OC)c1ccc2c(c1)CCNC2CCc1c[nH]c2ccccc12. The summed E-state index contributed by atoms with van der Waals surface area (Å²) in [6.07, 6.45) is 6.14. The molecule has 166 valence electrons. The van der Waals surface area contributed by atoms with E-state index in [1.54, 1.807) is 0 Å². The molecular formula is C24H30N2O4S. The van der Waals surface area contributed by atoms with Gasteiger partial charge in [-0.1, -0.05) is 36.4 Å². The smallest absolute Gasteiger partial charge is 0.208 e. The van der Waals surface area contributed by atoms with Crippen molar-refractivity contribution in [2.24, 2.45) is 0 Å². The number of ether oxygens (including phenoxy) is 2. The standard InChI is InChI=1S/C24H30N2O4S/c1-29-24(30-2,16-31(3,27)28)19-9-10-21-17(14-19)12-13-25-23(21)11-8-18-15-26-22-7-5-4-6-20(18)22/h4-7,9-10,14-15,23,25-26H,8,11-13,16H2,1-3H3. The second kappa shape index (κ2) is 8.74. The van der Waals surface area contributed by atoms with Crippen LogP contribution in [0.1, 0.15) is 34.7 Å². The molecule has 4 rings (SSSR count). The lowest BCUT2D eigenvalue weighted by Gasteiger charge is -2.33. The Balaban J connectivity index is 1.58. The van der Waals surface area contributed by atoms with Crippen molar-refractivity contribution in [2.75, 3.05) is 32.8 Å². The van der Waals surface area contributed by atoms with E-state index in [-0.39, 0.29) is 11.8 Å². The van der Waals surface area contributed by atoms with Crippen molar-refractivity contribution in [3.8, 4) is 0 Å². The van der Waals surface area contributed by atoms with Gasteiger partial charge in [-0.05, 0) is 48.6 Å². The zero-order valence-corrected chi connectivity index (χ0v) is 19.1. The number of methoxy groups -OCH3 is 2. The number of benzene rings is 2. The molecule has 1 aromatic heterocycles. The second-order valence-electron chi connectivity index (χ2n) is 8.30. The van der Waals surface area contributed by atoms with Crippen LogP contribution in [0.3, 0.4) is 0 Å². The van der Waals surface area contributed by atoms with E-state index in [0.717, 1.165) is 31.4 Å². The molecular weight excluding hydrogens is 412 g/mol. The first-order valence-corrected chi connectivity index (χ1v) is 12.6. The molecule has 7 heteroatoms. The molecule has 0 bridgehead atoms. The lowest BCUT2D eigenvalue weighted by Crippen LogP contribution is -2.39. The normalized spacial score (nSPS) is 17.1. The topological polar surface area (TPSA) is 80.4 Å². The maximum Gasteiger partial charge on any atom is 0.208 e. The molecule has 6 nitrogen and oxygen atoms in total. The maximum absolute atomic E-state index is 12.0. The molecule has 0 fully saturated rings. The van der Waals surface area contributed by atoms with E-state index in [2.05, 4.69) is 40.8 Å². The van der Waals surface area contributed by atoms with Gasteiger partial charge in [-0.3, -0.25) is 0 Å². The number of aromatic amines is 1. The predicted molar refractivity (Wildman–Crippen MR) is 123 cm³/mol. The Kier molecular flexibility index (Phi) is 6.21. The van der Waals surface area contributed by atoms with Crippen molar-refractivity contribution in [3.05, 3.63) is 70.9 Å². The highest BCUT2D eigenvalue weighted by molar-refractivity contribution is 7.90. The van der Waals surface area contributed by atoms with Gasteiger partial charge in [-0.15, -0.1) is 0 Å². The Morgan fingerprint density at radius 3 is 2.65 bits per heavy atom. The number of hydrogen-bond acceptors (Lipinski definition) is 5. The van der Waals surface area contributed by atoms with Gasteiger partial charge in [0.1, 0.15) is 5.75 Å². The van der Waals surface area contributed by atoms with Gasteiger partial charge < -0.3 is 19.8 Å². The first kappa shape index (κ1) is 22.0. The van der Waals surface area contributed by atoms with Crippen LogP contribution < -0.4 is 5.32 Å². The van der Waals surface area contributed by atoms with Crippen LogP contribution in [-0.4, -0.2) is 46.2 Å². The third kappa shape index (κ3) is 4.55. The summed E-state index contributed by atoms with van der Waals surface area (Å²) in [5, 5.41) is 4.92. The first-order chi connectivity index (χ1) is 14.8. The molecule has 31 heavy (non-hydrogen) atoms. The van der Waals surface area contributed by atoms with Gasteiger partial charge in [-0.25, -0.2) is 8.42 Å². The minimum Gasteiger partial charge on any atom is -0.361 e. The minimum absolute atomic E-state index is 0.228. The van der Waals surface area contributed by atoms with E-state index in [1.807, 2.05) is 18.2 Å². The fourth-order valence-electron chi connectivity index (χ4n) is 4.65. The van der Waals surface area contributed by atoms with Gasteiger partial charge in [0.15, 0.2) is 9.84 Å². The van der Waals surface area contributed by atoms with Gasteiger partial charge in [-0.2, -0.15) is 0 Å². The molecule has 1 aliphatic rings. The molecule has 0 spiro atoms. The van der Waals surface area contributed by atoms with E-state index in [9.17, 15) is 8.42 Å². The van der Waals surface area contributed by atoms with Crippen LogP contribution in [-0.2, 0) is 37.9 Å². The van der Waals surface area contributed by atoms with Crippen molar-refractivity contribution in [2.45, 2.75) is 31.1 Å². The van der Waals surface area contributed by atoms with E-state index in [4.69, 9.17) is 9.47 Å². The fourth-order valence-corrected chi connectivity index (χ4v) is 5.74. The second-order valence-corrected chi connectivity index (χ2v) is 10.4. The summed E-state index contributed by atoms with van der Waals surface area (Å²) >= 11 is 0. The number of nitrogens with one attached hydrogen (secondary N) is 2. The van der Waals surface area contributed by atoms with Gasteiger partial charge >= 0.3 is 0 Å². The van der Waals surface area contributed by atoms with Crippen LogP contribution in [0.15, 0.2) is 48.7 Å². The molecule has 0 aliphatic carbocycles. The average molecular weight is 443 g/mol. The summed E-state index contributed by atoms with van der Waals surface area (Å²) in [6, 6.07) is 14.7. The van der Waals surface area contributed by atoms with Crippen molar-refractivity contribution in [1.82, 2.24) is 10.3 Å². The van der Waals surface area contributed by atoms with Crippen molar-refractivity contribution < 1.29 is 17.9 Å². The van der Waals surface area contributed by atoms with Crippen LogP contribution in [0.25, 0.3) is 10.9 Å². The van der Waals surface area contributed by atoms with Gasteiger partial charge in [0.25, 0.3) is 0 Å². The van der Waals surface area contributed by atoms with Gasteiger partial charge in [0, 0.05) is 49.2 Å². The lowest BCUT2D eigenvalue weighted by molar-refractivity contribution is -0.198. The van der Waals surface area contributed by atoms with Gasteiger partial charge in [0.05, 0.1) is 0 Å². The van der Waals surface area contributed by atoms with Crippen molar-refractivity contribution in [3.63, 3.8) is 0 Å². The summed E-state index contributed by atoms with van der Waals surface area (Å²) in [5.74, 6) is -1.53. The molecule has 2 N–H and O–H groups in total. The van der Waals surface area contributed by atoms with E-state index >= 15 is 0 Å². The molecule has 2 aromatic carbocycles. The number of aryl methyl sites for hydroxylation is 1. The highest BCUT2D eigenvalue weighted by Crippen LogP contribution is 2.34. The minimum atomic E-state index is -3.30. The van der Waals surface area contributed by atoms with E-state index in [0.29, 0.717) is 0 Å². The number of hydrogen-bond donors (Lipinski definition) is 2. The van der Waals surface area contributed by atoms with E-state index in [1.165, 1.54) is 48.1 Å². The summed E-state index contributed by atoms with van der Waals surface area (Å²) < 4.78 is 35.2. The Hall–Kier alpha value is -2.19. The summed E-state index contributed by atoms with van der Waals surface area (Å²) in [5.41, 5.74) is 5.70. The van der Waals surface area contributed by atoms with Crippen LogP contribution in [0, 0.1) is 0 Å². The highest BCUT2D eigenvalue weighted by atomic mass is 32.2. The molecule has 2 heterocycles. The predicted octanol–water partition coefficient (Wildman–Crippen LogP) is 3.48. The Morgan fingerprint density at radius 1 is 1.13 bits per heavy atom. The quantitative estimate of drug-likeness (QED) is 0.522. The zero-order chi connectivity index (χ0) is 22.1. The van der Waals surface area contributed by atoms with Crippen molar-refractivity contribution >= 4 is 20.7 Å². The summed E-state index contributed by atoms with van der Waals surface area (Å²) in [7, 11) is -0.332. The largest absolute Gasteiger partial charge is 0.361 e. The summed E-state index contributed by atoms with van der Waals surface area (Å²) in [4.78, 5) is 3.35. The number of fused-ring (bicyclic) bond motifs is 2. The molecule has 1 aliphatic heterocycles. The number of sulfone groups is 1. The van der Waals surface area contributed by atoms with Crippen LogP contribution in [0.4, 0.5) is 0 Å². The third-order valence-corrected chi connectivity index (χ3v) is 7.14. The number of H-pyrrole nitrogens is 1. The first-order valence-electron chi connectivity index (χ1n) is 10.5.